The molecule has 0 spiro atoms. The molecule has 1 aromatic heterocycles. The number of carboxylic acids is 1. The Kier molecular flexibility index (Phi) is 7.33. The van der Waals surface area contributed by atoms with Gasteiger partial charge < -0.3 is 14.4 Å². The molecule has 1 aliphatic carbocycles. The molecule has 1 saturated heterocycles. The molecule has 3 aromatic carbocycles. The lowest BCUT2D eigenvalue weighted by Crippen LogP contribution is -2.39. The highest BCUT2D eigenvalue weighted by Gasteiger charge is 2.35. The van der Waals surface area contributed by atoms with Gasteiger partial charge in [-0.3, -0.25) is 0 Å². The number of hydrogen-bond acceptors (Lipinski definition) is 5. The highest BCUT2D eigenvalue weighted by atomic mass is 32.2. The fourth-order valence-corrected chi connectivity index (χ4v) is 7.76. The van der Waals surface area contributed by atoms with E-state index in [2.05, 4.69) is 4.57 Å². The Labute approximate surface area is 234 Å². The topological polar surface area (TPSA) is 102 Å². The maximum Gasteiger partial charge on any atom is 0.335 e. The van der Waals surface area contributed by atoms with Crippen molar-refractivity contribution in [3.63, 3.8) is 0 Å². The standard InChI is InChI=1S/C31H33N3O5S/c35-31(36)23-15-18-29-28(20-23)32-30(34(29)24-8-3-1-4-9-24)22-13-16-26(17-14-22)39-21-25-10-7-19-33(25)40(37,38)27-11-5-2-6-12-27/h2,5-6,11-18,20,24-25H,1,3-4,7-10,19,21H2,(H,35,36)/t25-/m0/s1. The van der Waals surface area contributed by atoms with E-state index in [0.717, 1.165) is 42.6 Å². The zero-order valence-electron chi connectivity index (χ0n) is 22.3. The molecular formula is C31H33N3O5S. The molecule has 6 rings (SSSR count). The smallest absolute Gasteiger partial charge is 0.335 e. The van der Waals surface area contributed by atoms with E-state index >= 15 is 0 Å². The number of hydrogen-bond donors (Lipinski definition) is 1. The molecule has 1 saturated carbocycles. The summed E-state index contributed by atoms with van der Waals surface area (Å²) in [6.45, 7) is 0.773. The maximum atomic E-state index is 13.2. The van der Waals surface area contributed by atoms with Crippen LogP contribution in [0.3, 0.4) is 0 Å². The van der Waals surface area contributed by atoms with Crippen molar-refractivity contribution >= 4 is 27.0 Å². The Hall–Kier alpha value is -3.69. The van der Waals surface area contributed by atoms with Gasteiger partial charge in [0.1, 0.15) is 18.2 Å². The molecular weight excluding hydrogens is 526 g/mol. The first-order valence-electron chi connectivity index (χ1n) is 14.0. The lowest BCUT2D eigenvalue weighted by molar-refractivity contribution is 0.0697. The Morgan fingerprint density at radius 2 is 1.68 bits per heavy atom. The monoisotopic (exact) mass is 559 g/mol. The summed E-state index contributed by atoms with van der Waals surface area (Å²) in [7, 11) is -3.57. The zero-order valence-corrected chi connectivity index (χ0v) is 23.1. The first-order valence-corrected chi connectivity index (χ1v) is 15.4. The van der Waals surface area contributed by atoms with Crippen LogP contribution >= 0.6 is 0 Å². The molecule has 4 aromatic rings. The van der Waals surface area contributed by atoms with Crippen molar-refractivity contribution in [1.29, 1.82) is 0 Å². The van der Waals surface area contributed by atoms with E-state index in [0.29, 0.717) is 28.7 Å². The number of aromatic carboxylic acids is 1. The van der Waals surface area contributed by atoms with Crippen molar-refractivity contribution in [1.82, 2.24) is 13.9 Å². The molecule has 0 unspecified atom stereocenters. The number of sulfonamides is 1. The van der Waals surface area contributed by atoms with Gasteiger partial charge in [0.25, 0.3) is 0 Å². The van der Waals surface area contributed by atoms with Crippen LogP contribution in [0.5, 0.6) is 5.75 Å². The van der Waals surface area contributed by atoms with E-state index in [1.54, 1.807) is 40.7 Å². The van der Waals surface area contributed by atoms with Gasteiger partial charge in [-0.15, -0.1) is 0 Å². The summed E-state index contributed by atoms with van der Waals surface area (Å²) in [5, 5.41) is 9.48. The summed E-state index contributed by atoms with van der Waals surface area (Å²) in [6.07, 6.45) is 7.28. The summed E-state index contributed by atoms with van der Waals surface area (Å²) < 4.78 is 36.3. The van der Waals surface area contributed by atoms with Gasteiger partial charge in [-0.25, -0.2) is 18.2 Å². The quantitative estimate of drug-likeness (QED) is 0.278. The second-order valence-electron chi connectivity index (χ2n) is 10.7. The van der Waals surface area contributed by atoms with Crippen LogP contribution in [-0.4, -0.2) is 52.5 Å². The van der Waals surface area contributed by atoms with Gasteiger partial charge in [0.05, 0.1) is 27.5 Å². The minimum atomic E-state index is -3.57. The summed E-state index contributed by atoms with van der Waals surface area (Å²) in [5.41, 5.74) is 2.79. The lowest BCUT2D eigenvalue weighted by Gasteiger charge is -2.26. The van der Waals surface area contributed by atoms with Gasteiger partial charge in [0, 0.05) is 18.2 Å². The fourth-order valence-electron chi connectivity index (χ4n) is 6.06. The number of benzene rings is 3. The summed E-state index contributed by atoms with van der Waals surface area (Å²) in [6, 6.07) is 21.6. The van der Waals surface area contributed by atoms with Crippen molar-refractivity contribution in [2.24, 2.45) is 0 Å². The van der Waals surface area contributed by atoms with Gasteiger partial charge in [0.2, 0.25) is 10.0 Å². The van der Waals surface area contributed by atoms with Crippen LogP contribution < -0.4 is 4.74 Å². The molecule has 1 aliphatic heterocycles. The predicted molar refractivity (Wildman–Crippen MR) is 153 cm³/mol. The zero-order chi connectivity index (χ0) is 27.7. The van der Waals surface area contributed by atoms with E-state index in [1.165, 1.54) is 19.3 Å². The van der Waals surface area contributed by atoms with Crippen LogP contribution in [0, 0.1) is 0 Å². The average Bonchev–Trinajstić information content (AvgIpc) is 3.62. The summed E-state index contributed by atoms with van der Waals surface area (Å²) in [4.78, 5) is 16.8. The first-order chi connectivity index (χ1) is 19.4. The molecule has 0 bridgehead atoms. The third kappa shape index (κ3) is 5.11. The number of aromatic nitrogens is 2. The Morgan fingerprint density at radius 3 is 2.40 bits per heavy atom. The number of imidazole rings is 1. The van der Waals surface area contributed by atoms with Crippen LogP contribution in [0.2, 0.25) is 0 Å². The predicted octanol–water partition coefficient (Wildman–Crippen LogP) is 6.14. The van der Waals surface area contributed by atoms with Crippen molar-refractivity contribution in [3.8, 4) is 17.1 Å². The molecule has 1 N–H and O–H groups in total. The molecule has 208 valence electrons. The van der Waals surface area contributed by atoms with E-state index in [-0.39, 0.29) is 18.2 Å². The lowest BCUT2D eigenvalue weighted by atomic mass is 9.95. The Balaban J connectivity index is 1.23. The number of rotatable bonds is 8. The van der Waals surface area contributed by atoms with Crippen molar-refractivity contribution in [3.05, 3.63) is 78.4 Å². The maximum absolute atomic E-state index is 13.2. The summed E-state index contributed by atoms with van der Waals surface area (Å²) >= 11 is 0. The minimum Gasteiger partial charge on any atom is -0.492 e. The molecule has 0 radical (unpaired) electrons. The van der Waals surface area contributed by atoms with Gasteiger partial charge in [-0.1, -0.05) is 37.5 Å². The molecule has 2 aliphatic rings. The molecule has 8 nitrogen and oxygen atoms in total. The largest absolute Gasteiger partial charge is 0.492 e. The van der Waals surface area contributed by atoms with E-state index in [4.69, 9.17) is 9.72 Å². The third-order valence-electron chi connectivity index (χ3n) is 8.10. The molecule has 9 heteroatoms. The number of carbonyl (C=O) groups is 1. The Bertz CT molecular complexity index is 1610. The highest BCUT2D eigenvalue weighted by molar-refractivity contribution is 7.89. The number of carboxylic acid groups (broad SMARTS) is 1. The second kappa shape index (κ2) is 11.1. The second-order valence-corrected chi connectivity index (χ2v) is 12.6. The SMILES string of the molecule is O=C(O)c1ccc2c(c1)nc(-c1ccc(OC[C@@H]3CCCN3S(=O)(=O)c3ccccc3)cc1)n2C1CCCCC1. The van der Waals surface area contributed by atoms with Crippen LogP contribution in [-0.2, 0) is 10.0 Å². The minimum absolute atomic E-state index is 0.219. The highest BCUT2D eigenvalue weighted by Crippen LogP contribution is 2.36. The van der Waals surface area contributed by atoms with Crippen molar-refractivity contribution in [2.45, 2.75) is 61.9 Å². The molecule has 40 heavy (non-hydrogen) atoms. The first kappa shape index (κ1) is 26.5. The van der Waals surface area contributed by atoms with Crippen LogP contribution in [0.1, 0.15) is 61.3 Å². The number of ether oxygens (including phenoxy) is 1. The molecule has 1 atom stereocenters. The number of nitrogens with zero attached hydrogens (tertiary/aromatic N) is 3. The third-order valence-corrected chi connectivity index (χ3v) is 10.1. The molecule has 0 amide bonds. The van der Waals surface area contributed by atoms with Crippen molar-refractivity contribution < 1.29 is 23.1 Å². The van der Waals surface area contributed by atoms with Crippen LogP contribution in [0.15, 0.2) is 77.7 Å². The van der Waals surface area contributed by atoms with Crippen molar-refractivity contribution in [2.75, 3.05) is 13.2 Å². The number of fused-ring (bicyclic) bond motifs is 1. The van der Waals surface area contributed by atoms with Gasteiger partial charge in [-0.05, 0) is 80.3 Å². The van der Waals surface area contributed by atoms with Gasteiger partial charge >= 0.3 is 5.97 Å². The summed E-state index contributed by atoms with van der Waals surface area (Å²) in [5.74, 6) is 0.530. The van der Waals surface area contributed by atoms with Crippen LogP contribution in [0.25, 0.3) is 22.4 Å². The van der Waals surface area contributed by atoms with Gasteiger partial charge in [0.15, 0.2) is 0 Å². The van der Waals surface area contributed by atoms with Gasteiger partial charge in [-0.2, -0.15) is 4.31 Å². The average molecular weight is 560 g/mol. The Morgan fingerprint density at radius 1 is 0.925 bits per heavy atom. The van der Waals surface area contributed by atoms with E-state index < -0.39 is 16.0 Å². The molecule has 2 fully saturated rings. The molecule has 2 heterocycles. The van der Waals surface area contributed by atoms with E-state index in [1.807, 2.05) is 36.4 Å². The van der Waals surface area contributed by atoms with E-state index in [9.17, 15) is 18.3 Å². The normalized spacial score (nSPS) is 18.8. The fraction of sp³-hybridized carbons (Fsp3) is 0.355. The van der Waals surface area contributed by atoms with Crippen LogP contribution in [0.4, 0.5) is 0 Å².